The summed E-state index contributed by atoms with van der Waals surface area (Å²) in [5.41, 5.74) is 8.08. The number of hydrogen-bond donors (Lipinski definition) is 2. The number of fused-ring (bicyclic) bond motifs is 1. The van der Waals surface area contributed by atoms with Crippen LogP contribution in [0.25, 0.3) is 0 Å². The Morgan fingerprint density at radius 2 is 1.87 bits per heavy atom. The highest BCUT2D eigenvalue weighted by atomic mass is 16.6. The van der Waals surface area contributed by atoms with E-state index in [2.05, 4.69) is 5.32 Å². The molecule has 1 aliphatic rings. The zero-order valence-corrected chi connectivity index (χ0v) is 9.04. The van der Waals surface area contributed by atoms with Crippen molar-refractivity contribution in [2.24, 2.45) is 5.73 Å². The fourth-order valence-electron chi connectivity index (χ4n) is 1.70. The molecule has 0 saturated heterocycles. The lowest BCUT2D eigenvalue weighted by molar-refractivity contribution is 0.171. The van der Waals surface area contributed by atoms with Crippen LogP contribution in [0.5, 0.6) is 11.5 Å². The molecule has 1 aliphatic heterocycles. The van der Waals surface area contributed by atoms with Gasteiger partial charge in [0.2, 0.25) is 0 Å². The highest BCUT2D eigenvalue weighted by molar-refractivity contribution is 5.48. The molecule has 0 saturated carbocycles. The van der Waals surface area contributed by atoms with Crippen LogP contribution in [-0.4, -0.2) is 20.3 Å². The van der Waals surface area contributed by atoms with Gasteiger partial charge in [0.1, 0.15) is 13.2 Å². The summed E-state index contributed by atoms with van der Waals surface area (Å²) in [4.78, 5) is 0. The second kappa shape index (κ2) is 4.08. The number of ether oxygens (including phenoxy) is 2. The molecule has 4 nitrogen and oxygen atoms in total. The maximum atomic E-state index is 5.92. The zero-order chi connectivity index (χ0) is 10.8. The molecule has 0 aliphatic carbocycles. The molecule has 1 unspecified atom stereocenters. The van der Waals surface area contributed by atoms with E-state index in [-0.39, 0.29) is 6.17 Å². The molecule has 15 heavy (non-hydrogen) atoms. The van der Waals surface area contributed by atoms with Crippen molar-refractivity contribution in [3.8, 4) is 11.5 Å². The summed E-state index contributed by atoms with van der Waals surface area (Å²) in [5, 5.41) is 3.01. The van der Waals surface area contributed by atoms with Crippen molar-refractivity contribution in [3.63, 3.8) is 0 Å². The van der Waals surface area contributed by atoms with E-state index >= 15 is 0 Å². The highest BCUT2D eigenvalue weighted by Gasteiger charge is 2.16. The van der Waals surface area contributed by atoms with Crippen LogP contribution in [0.1, 0.15) is 17.3 Å². The highest BCUT2D eigenvalue weighted by Crippen LogP contribution is 2.34. The van der Waals surface area contributed by atoms with Gasteiger partial charge in [-0.1, -0.05) is 0 Å². The van der Waals surface area contributed by atoms with Crippen LogP contribution in [0, 0.1) is 6.92 Å². The maximum Gasteiger partial charge on any atom is 0.161 e. The van der Waals surface area contributed by atoms with Gasteiger partial charge in [-0.05, 0) is 37.2 Å². The summed E-state index contributed by atoms with van der Waals surface area (Å²) in [6, 6.07) is 3.92. The normalized spacial score (nSPS) is 16.2. The Labute approximate surface area is 89.4 Å². The van der Waals surface area contributed by atoms with Crippen LogP contribution < -0.4 is 20.5 Å². The first-order chi connectivity index (χ1) is 7.22. The van der Waals surface area contributed by atoms with Crippen molar-refractivity contribution in [1.82, 2.24) is 5.32 Å². The summed E-state index contributed by atoms with van der Waals surface area (Å²) in [6.45, 7) is 3.24. The number of aryl methyl sites for hydroxylation is 1. The Balaban J connectivity index is 2.40. The molecule has 1 aromatic carbocycles. The smallest absolute Gasteiger partial charge is 0.161 e. The van der Waals surface area contributed by atoms with E-state index in [0.717, 1.165) is 22.6 Å². The molecule has 0 aromatic heterocycles. The van der Waals surface area contributed by atoms with E-state index in [1.54, 1.807) is 0 Å². The summed E-state index contributed by atoms with van der Waals surface area (Å²) < 4.78 is 11.0. The van der Waals surface area contributed by atoms with Gasteiger partial charge in [-0.25, -0.2) is 0 Å². The third-order valence-corrected chi connectivity index (χ3v) is 2.58. The van der Waals surface area contributed by atoms with E-state index in [1.807, 2.05) is 26.1 Å². The average molecular weight is 208 g/mol. The molecule has 0 spiro atoms. The third-order valence-electron chi connectivity index (χ3n) is 2.58. The minimum atomic E-state index is -0.166. The maximum absolute atomic E-state index is 5.92. The van der Waals surface area contributed by atoms with Gasteiger partial charge in [-0.2, -0.15) is 0 Å². The van der Waals surface area contributed by atoms with E-state index in [4.69, 9.17) is 15.2 Å². The van der Waals surface area contributed by atoms with Crippen LogP contribution in [0.2, 0.25) is 0 Å². The van der Waals surface area contributed by atoms with Crippen LogP contribution >= 0.6 is 0 Å². The minimum Gasteiger partial charge on any atom is -0.486 e. The molecule has 0 amide bonds. The lowest BCUT2D eigenvalue weighted by Gasteiger charge is -2.22. The standard InChI is InChI=1S/C11H16N2O2/c1-7-5-9-10(15-4-3-14-9)6-8(7)11(12)13-2/h5-6,11,13H,3-4,12H2,1-2H3. The van der Waals surface area contributed by atoms with E-state index in [1.165, 1.54) is 0 Å². The first kappa shape index (κ1) is 10.3. The SMILES string of the molecule is CNC(N)c1cc2c(cc1C)OCCO2. The van der Waals surface area contributed by atoms with Crippen molar-refractivity contribution in [2.75, 3.05) is 20.3 Å². The predicted molar refractivity (Wildman–Crippen MR) is 58.2 cm³/mol. The predicted octanol–water partition coefficient (Wildman–Crippen LogP) is 0.943. The second-order valence-corrected chi connectivity index (χ2v) is 3.62. The molecular weight excluding hydrogens is 192 g/mol. The Bertz CT molecular complexity index is 366. The number of nitrogens with two attached hydrogens (primary N) is 1. The number of rotatable bonds is 2. The number of nitrogens with one attached hydrogen (secondary N) is 1. The van der Waals surface area contributed by atoms with E-state index < -0.39 is 0 Å². The Kier molecular flexibility index (Phi) is 2.79. The number of hydrogen-bond acceptors (Lipinski definition) is 4. The van der Waals surface area contributed by atoms with Crippen LogP contribution in [0.15, 0.2) is 12.1 Å². The minimum absolute atomic E-state index is 0.166. The van der Waals surface area contributed by atoms with Gasteiger partial charge in [0.05, 0.1) is 6.17 Å². The lowest BCUT2D eigenvalue weighted by Crippen LogP contribution is -2.26. The summed E-state index contributed by atoms with van der Waals surface area (Å²) in [5.74, 6) is 1.60. The van der Waals surface area contributed by atoms with Crippen molar-refractivity contribution in [2.45, 2.75) is 13.1 Å². The first-order valence-corrected chi connectivity index (χ1v) is 5.05. The summed E-state index contributed by atoms with van der Waals surface area (Å²) in [7, 11) is 1.83. The Hall–Kier alpha value is -1.26. The molecule has 1 atom stereocenters. The van der Waals surface area contributed by atoms with Gasteiger partial charge < -0.3 is 20.5 Å². The van der Waals surface area contributed by atoms with Crippen molar-refractivity contribution >= 4 is 0 Å². The monoisotopic (exact) mass is 208 g/mol. The third kappa shape index (κ3) is 1.91. The molecule has 3 N–H and O–H groups in total. The van der Waals surface area contributed by atoms with Crippen LogP contribution in [0.3, 0.4) is 0 Å². The van der Waals surface area contributed by atoms with E-state index in [0.29, 0.717) is 13.2 Å². The van der Waals surface area contributed by atoms with Gasteiger partial charge >= 0.3 is 0 Å². The Morgan fingerprint density at radius 1 is 1.27 bits per heavy atom. The van der Waals surface area contributed by atoms with E-state index in [9.17, 15) is 0 Å². The van der Waals surface area contributed by atoms with Crippen molar-refractivity contribution < 1.29 is 9.47 Å². The number of benzene rings is 1. The van der Waals surface area contributed by atoms with Gasteiger partial charge in [0.25, 0.3) is 0 Å². The molecule has 0 radical (unpaired) electrons. The van der Waals surface area contributed by atoms with Gasteiger partial charge in [-0.3, -0.25) is 0 Å². The van der Waals surface area contributed by atoms with Gasteiger partial charge in [0.15, 0.2) is 11.5 Å². The molecule has 1 heterocycles. The summed E-state index contributed by atoms with van der Waals surface area (Å²) in [6.07, 6.45) is -0.166. The fourth-order valence-corrected chi connectivity index (χ4v) is 1.70. The van der Waals surface area contributed by atoms with Crippen LogP contribution in [0.4, 0.5) is 0 Å². The molecular formula is C11H16N2O2. The van der Waals surface area contributed by atoms with Gasteiger partial charge in [0, 0.05) is 0 Å². The molecule has 0 bridgehead atoms. The van der Waals surface area contributed by atoms with Crippen LogP contribution in [-0.2, 0) is 0 Å². The van der Waals surface area contributed by atoms with Crippen molar-refractivity contribution in [3.05, 3.63) is 23.3 Å². The molecule has 82 valence electrons. The summed E-state index contributed by atoms with van der Waals surface area (Å²) >= 11 is 0. The molecule has 0 fully saturated rings. The largest absolute Gasteiger partial charge is 0.486 e. The van der Waals surface area contributed by atoms with Crippen molar-refractivity contribution in [1.29, 1.82) is 0 Å². The lowest BCUT2D eigenvalue weighted by atomic mass is 10.1. The molecule has 4 heteroatoms. The second-order valence-electron chi connectivity index (χ2n) is 3.62. The molecule has 1 aromatic rings. The topological polar surface area (TPSA) is 56.5 Å². The molecule has 2 rings (SSSR count). The van der Waals surface area contributed by atoms with Gasteiger partial charge in [-0.15, -0.1) is 0 Å². The quantitative estimate of drug-likeness (QED) is 0.710. The Morgan fingerprint density at radius 3 is 2.47 bits per heavy atom. The first-order valence-electron chi connectivity index (χ1n) is 5.05. The zero-order valence-electron chi connectivity index (χ0n) is 9.04. The fraction of sp³-hybridized carbons (Fsp3) is 0.455. The average Bonchev–Trinajstić information content (AvgIpc) is 2.27.